The fraction of sp³-hybridized carbons (Fsp3) is 0.538. The van der Waals surface area contributed by atoms with Gasteiger partial charge in [0.1, 0.15) is 11.6 Å². The Morgan fingerprint density at radius 3 is 2.46 bits per heavy atom. The number of aromatic nitrogens is 2. The molecule has 1 unspecified atom stereocenters. The number of hydrogen-bond donors (Lipinski definition) is 2. The molecule has 1 saturated carbocycles. The first-order valence-corrected chi connectivity index (χ1v) is 21.0. The molecule has 3 heterocycles. The summed E-state index contributed by atoms with van der Waals surface area (Å²) in [4.78, 5) is 36.8. The number of carbonyl (C=O) groups is 2. The maximum Gasteiger partial charge on any atom is 0.303 e. The molecule has 1 amide bonds. The SMILES string of the molecule is COc1ccc(C(=O)Nc2nc(C)ccc2CC[Si](C)(C)OC(C)(C)C)c(N2CCC(COc3cc(C(CC(=O)O)C4CC4)ccn3)CC2)c1. The van der Waals surface area contributed by atoms with Crippen LogP contribution in [0.5, 0.6) is 11.6 Å². The highest BCUT2D eigenvalue weighted by Gasteiger charge is 2.34. The van der Waals surface area contributed by atoms with E-state index in [1.54, 1.807) is 13.3 Å². The Morgan fingerprint density at radius 1 is 1.06 bits per heavy atom. The topological polar surface area (TPSA) is 123 Å². The van der Waals surface area contributed by atoms with Crippen molar-refractivity contribution in [1.29, 1.82) is 0 Å². The van der Waals surface area contributed by atoms with Crippen molar-refractivity contribution in [3.05, 3.63) is 71.0 Å². The van der Waals surface area contributed by atoms with Crippen LogP contribution in [0, 0.1) is 18.8 Å². The summed E-state index contributed by atoms with van der Waals surface area (Å²) >= 11 is 0. The number of aryl methyl sites for hydroxylation is 2. The van der Waals surface area contributed by atoms with E-state index in [9.17, 15) is 14.7 Å². The molecule has 1 aromatic carbocycles. The second-order valence-corrected chi connectivity index (χ2v) is 19.7. The number of nitrogens with zero attached hydrogens (tertiary/aromatic N) is 3. The second-order valence-electron chi connectivity index (χ2n) is 15.5. The molecular formula is C39H54N4O6Si. The summed E-state index contributed by atoms with van der Waals surface area (Å²) in [5.74, 6) is 1.62. The summed E-state index contributed by atoms with van der Waals surface area (Å²) in [5, 5.41) is 12.6. The lowest BCUT2D eigenvalue weighted by atomic mass is 9.92. The monoisotopic (exact) mass is 702 g/mol. The third kappa shape index (κ3) is 10.5. The van der Waals surface area contributed by atoms with E-state index >= 15 is 0 Å². The first kappa shape index (κ1) is 37.3. The molecule has 0 spiro atoms. The Balaban J connectivity index is 1.23. The number of ether oxygens (including phenoxy) is 2. The average molecular weight is 703 g/mol. The highest BCUT2D eigenvalue weighted by Crippen LogP contribution is 2.45. The quantitative estimate of drug-likeness (QED) is 0.152. The number of carbonyl (C=O) groups excluding carboxylic acids is 1. The number of carboxylic acid groups (broad SMARTS) is 1. The number of methoxy groups -OCH3 is 1. The minimum absolute atomic E-state index is 0.00507. The third-order valence-corrected chi connectivity index (χ3v) is 12.2. The molecule has 3 aromatic rings. The Kier molecular flexibility index (Phi) is 11.9. The molecular weight excluding hydrogens is 649 g/mol. The van der Waals surface area contributed by atoms with Gasteiger partial charge in [0.15, 0.2) is 8.32 Å². The van der Waals surface area contributed by atoms with E-state index in [1.165, 1.54) is 0 Å². The van der Waals surface area contributed by atoms with Gasteiger partial charge in [-0.15, -0.1) is 0 Å². The Bertz CT molecular complexity index is 1650. The molecule has 1 saturated heterocycles. The smallest absolute Gasteiger partial charge is 0.303 e. The standard InChI is InChI=1S/C39H54N4O6Si/c1-26-8-9-29(17-21-50(6,7)49-39(2,3)4)37(41-26)42-38(46)32-13-12-31(47-5)23-34(32)43-19-15-27(16-20-43)25-48-35-22-30(14-18-40-35)33(24-36(44)45)28-10-11-28/h8-9,12-14,18,22-23,27-28,33H,10-11,15-17,19-21,24-25H2,1-7H3,(H,44,45)(H,41,42,46). The molecule has 2 aromatic heterocycles. The molecule has 2 N–H and O–H groups in total. The van der Waals surface area contributed by atoms with Gasteiger partial charge in [-0.2, -0.15) is 0 Å². The Morgan fingerprint density at radius 2 is 1.80 bits per heavy atom. The van der Waals surface area contributed by atoms with Crippen molar-refractivity contribution in [2.24, 2.45) is 11.8 Å². The molecule has 10 nitrogen and oxygen atoms in total. The number of hydrogen-bond acceptors (Lipinski definition) is 8. The zero-order valence-electron chi connectivity index (χ0n) is 30.8. The normalized spacial score (nSPS) is 16.2. The van der Waals surface area contributed by atoms with E-state index in [0.29, 0.717) is 41.5 Å². The predicted molar refractivity (Wildman–Crippen MR) is 199 cm³/mol. The van der Waals surface area contributed by atoms with E-state index in [4.69, 9.17) is 18.9 Å². The van der Waals surface area contributed by atoms with E-state index < -0.39 is 14.3 Å². The van der Waals surface area contributed by atoms with Crippen LogP contribution in [0.25, 0.3) is 0 Å². The zero-order chi connectivity index (χ0) is 36.1. The molecule has 270 valence electrons. The van der Waals surface area contributed by atoms with Gasteiger partial charge in [-0.25, -0.2) is 9.97 Å². The third-order valence-electron chi connectivity index (χ3n) is 9.57. The van der Waals surface area contributed by atoms with E-state index in [-0.39, 0.29) is 23.8 Å². The lowest BCUT2D eigenvalue weighted by Gasteiger charge is -2.34. The predicted octanol–water partition coefficient (Wildman–Crippen LogP) is 7.87. The first-order valence-electron chi connectivity index (χ1n) is 17.9. The van der Waals surface area contributed by atoms with Crippen molar-refractivity contribution in [2.45, 2.75) is 96.9 Å². The summed E-state index contributed by atoms with van der Waals surface area (Å²) in [6.45, 7) is 14.8. The molecule has 1 atom stereocenters. The molecule has 2 aliphatic rings. The van der Waals surface area contributed by atoms with Gasteiger partial charge in [-0.05, 0) is 132 Å². The van der Waals surface area contributed by atoms with Crippen LogP contribution in [0.4, 0.5) is 11.5 Å². The summed E-state index contributed by atoms with van der Waals surface area (Å²) in [6.07, 6.45) is 6.55. The second kappa shape index (κ2) is 15.9. The van der Waals surface area contributed by atoms with Gasteiger partial charge in [0.2, 0.25) is 5.88 Å². The van der Waals surface area contributed by atoms with Crippen LogP contribution in [-0.2, 0) is 15.6 Å². The lowest BCUT2D eigenvalue weighted by molar-refractivity contribution is -0.137. The number of aliphatic carboxylic acids is 1. The molecule has 1 aliphatic carbocycles. The van der Waals surface area contributed by atoms with E-state index in [1.807, 2.05) is 43.3 Å². The van der Waals surface area contributed by atoms with Crippen molar-refractivity contribution in [2.75, 3.05) is 37.0 Å². The van der Waals surface area contributed by atoms with Crippen LogP contribution in [0.3, 0.4) is 0 Å². The number of anilines is 2. The number of carboxylic acids is 1. The van der Waals surface area contributed by atoms with Crippen molar-refractivity contribution in [3.63, 3.8) is 0 Å². The fourth-order valence-corrected chi connectivity index (χ4v) is 9.63. The molecule has 0 radical (unpaired) electrons. The summed E-state index contributed by atoms with van der Waals surface area (Å²) in [5.41, 5.74) is 4.05. The van der Waals surface area contributed by atoms with Crippen LogP contribution >= 0.6 is 0 Å². The number of rotatable bonds is 15. The van der Waals surface area contributed by atoms with Crippen LogP contribution in [0.2, 0.25) is 19.1 Å². The minimum Gasteiger partial charge on any atom is -0.497 e. The van der Waals surface area contributed by atoms with Gasteiger partial charge in [0.25, 0.3) is 5.91 Å². The van der Waals surface area contributed by atoms with Gasteiger partial charge >= 0.3 is 5.97 Å². The summed E-state index contributed by atoms with van der Waals surface area (Å²) in [7, 11) is -0.307. The molecule has 1 aliphatic heterocycles. The first-order chi connectivity index (χ1) is 23.7. The molecule has 5 rings (SSSR count). The van der Waals surface area contributed by atoms with Crippen LogP contribution in [0.15, 0.2) is 48.7 Å². The van der Waals surface area contributed by atoms with Crippen molar-refractivity contribution >= 4 is 31.7 Å². The molecule has 50 heavy (non-hydrogen) atoms. The van der Waals surface area contributed by atoms with Gasteiger partial charge in [-0.1, -0.05) is 6.07 Å². The molecule has 11 heteroatoms. The largest absolute Gasteiger partial charge is 0.497 e. The van der Waals surface area contributed by atoms with Crippen molar-refractivity contribution in [3.8, 4) is 11.6 Å². The maximum absolute atomic E-state index is 13.9. The van der Waals surface area contributed by atoms with Crippen molar-refractivity contribution in [1.82, 2.24) is 9.97 Å². The number of piperidine rings is 1. The van der Waals surface area contributed by atoms with Crippen LogP contribution < -0.4 is 19.7 Å². The average Bonchev–Trinajstić information content (AvgIpc) is 3.90. The summed E-state index contributed by atoms with van der Waals surface area (Å²) < 4.78 is 18.2. The molecule has 0 bridgehead atoms. The Hall–Kier alpha value is -3.96. The van der Waals surface area contributed by atoms with E-state index in [0.717, 1.165) is 73.7 Å². The maximum atomic E-state index is 13.9. The van der Waals surface area contributed by atoms with E-state index in [2.05, 4.69) is 55.1 Å². The lowest BCUT2D eigenvalue weighted by Crippen LogP contribution is -2.39. The fourth-order valence-electron chi connectivity index (χ4n) is 7.00. The van der Waals surface area contributed by atoms with Gasteiger partial charge in [0.05, 0.1) is 31.4 Å². The zero-order valence-corrected chi connectivity index (χ0v) is 31.8. The van der Waals surface area contributed by atoms with Crippen LogP contribution in [0.1, 0.15) is 86.0 Å². The number of pyridine rings is 2. The van der Waals surface area contributed by atoms with Gasteiger partial charge in [0, 0.05) is 42.7 Å². The number of nitrogens with one attached hydrogen (secondary N) is 1. The number of benzene rings is 1. The van der Waals surface area contributed by atoms with Crippen molar-refractivity contribution < 1.29 is 28.6 Å². The number of amides is 1. The Labute approximate surface area is 298 Å². The highest BCUT2D eigenvalue weighted by molar-refractivity contribution is 6.71. The molecule has 2 fully saturated rings. The highest BCUT2D eigenvalue weighted by atomic mass is 28.4. The minimum atomic E-state index is -1.94. The van der Waals surface area contributed by atoms with Crippen LogP contribution in [-0.4, -0.2) is 67.7 Å². The summed E-state index contributed by atoms with van der Waals surface area (Å²) in [6, 6.07) is 14.4. The van der Waals surface area contributed by atoms with Gasteiger partial charge in [-0.3, -0.25) is 9.59 Å². The van der Waals surface area contributed by atoms with Gasteiger partial charge < -0.3 is 29.2 Å².